The van der Waals surface area contributed by atoms with Crippen LogP contribution in [-0.4, -0.2) is 48.5 Å². The van der Waals surface area contributed by atoms with E-state index in [0.717, 1.165) is 80.5 Å². The number of carbonyl (C=O) groups excluding carboxylic acids is 1. The van der Waals surface area contributed by atoms with Gasteiger partial charge >= 0.3 is 0 Å². The molecule has 0 amide bonds. The Bertz CT molecular complexity index is 1190. The summed E-state index contributed by atoms with van der Waals surface area (Å²) in [5.74, 6) is 1.02. The van der Waals surface area contributed by atoms with Crippen molar-refractivity contribution in [1.29, 1.82) is 0 Å². The van der Waals surface area contributed by atoms with Gasteiger partial charge in [0.25, 0.3) is 0 Å². The third kappa shape index (κ3) is 6.14. The van der Waals surface area contributed by atoms with E-state index in [1.165, 1.54) is 22.3 Å². The average Bonchev–Trinajstić information content (AvgIpc) is 3.54. The van der Waals surface area contributed by atoms with Gasteiger partial charge in [-0.15, -0.1) is 11.3 Å². The third-order valence-electron chi connectivity index (χ3n) is 7.21. The summed E-state index contributed by atoms with van der Waals surface area (Å²) in [6.07, 6.45) is 3.96. The molecule has 2 aromatic carbocycles. The van der Waals surface area contributed by atoms with Crippen molar-refractivity contribution in [2.75, 3.05) is 31.6 Å². The standard InChI is InChI=1S/C29H35N3O3S/c1-20-3-8-28(26(13-20)27-19-36-29(31-27)30-25-7-5-23(15-25)17-33)35-18-24-6-4-22(14-21(24)2)16-32-9-11-34-12-10-32/h3-4,6,8,13-14,17,19,23,25H,5,7,9-12,15-16,18H2,1-2H3,(H,30,31)/t23-,25+/m1/s1. The highest BCUT2D eigenvalue weighted by Gasteiger charge is 2.25. The van der Waals surface area contributed by atoms with Gasteiger partial charge in [-0.25, -0.2) is 4.98 Å². The number of nitrogens with zero attached hydrogens (tertiary/aromatic N) is 2. The van der Waals surface area contributed by atoms with Crippen LogP contribution in [0.3, 0.4) is 0 Å². The number of morpholine rings is 1. The highest BCUT2D eigenvalue weighted by Crippen LogP contribution is 2.35. The SMILES string of the molecule is Cc1ccc(OCc2ccc(CN3CCOCC3)cc2C)c(-c2csc(N[C@H]3CC[C@@H](C=O)C3)n2)c1. The molecule has 5 rings (SSSR count). The molecule has 2 fully saturated rings. The maximum Gasteiger partial charge on any atom is 0.183 e. The highest BCUT2D eigenvalue weighted by atomic mass is 32.1. The summed E-state index contributed by atoms with van der Waals surface area (Å²) in [6, 6.07) is 13.3. The van der Waals surface area contributed by atoms with E-state index in [1.807, 2.05) is 6.07 Å². The molecule has 0 radical (unpaired) electrons. The zero-order valence-corrected chi connectivity index (χ0v) is 22.0. The molecule has 2 atom stereocenters. The molecular weight excluding hydrogens is 470 g/mol. The molecular formula is C29H35N3O3S. The van der Waals surface area contributed by atoms with Crippen molar-refractivity contribution in [2.24, 2.45) is 5.92 Å². The summed E-state index contributed by atoms with van der Waals surface area (Å²) in [5, 5.41) is 6.51. The lowest BCUT2D eigenvalue weighted by molar-refractivity contribution is -0.110. The Morgan fingerprint density at radius 3 is 2.81 bits per heavy atom. The molecule has 1 saturated carbocycles. The van der Waals surface area contributed by atoms with Crippen molar-refractivity contribution in [3.05, 3.63) is 64.0 Å². The zero-order chi connectivity index (χ0) is 24.9. The van der Waals surface area contributed by atoms with Crippen molar-refractivity contribution in [3.8, 4) is 17.0 Å². The lowest BCUT2D eigenvalue weighted by atomic mass is 10.0. The van der Waals surface area contributed by atoms with Crippen LogP contribution in [0.15, 0.2) is 41.8 Å². The number of rotatable bonds is 9. The van der Waals surface area contributed by atoms with Gasteiger partial charge in [-0.3, -0.25) is 4.90 Å². The smallest absolute Gasteiger partial charge is 0.183 e. The van der Waals surface area contributed by atoms with Crippen LogP contribution in [0, 0.1) is 19.8 Å². The van der Waals surface area contributed by atoms with Crippen LogP contribution in [0.2, 0.25) is 0 Å². The molecule has 190 valence electrons. The number of aldehydes is 1. The summed E-state index contributed by atoms with van der Waals surface area (Å²) in [7, 11) is 0. The number of carbonyl (C=O) groups is 1. The summed E-state index contributed by atoms with van der Waals surface area (Å²) >= 11 is 1.61. The van der Waals surface area contributed by atoms with Crippen molar-refractivity contribution in [3.63, 3.8) is 0 Å². The zero-order valence-electron chi connectivity index (χ0n) is 21.2. The summed E-state index contributed by atoms with van der Waals surface area (Å²) < 4.78 is 11.8. The number of aromatic nitrogens is 1. The van der Waals surface area contributed by atoms with Gasteiger partial charge in [0.15, 0.2) is 5.13 Å². The van der Waals surface area contributed by atoms with Crippen molar-refractivity contribution >= 4 is 22.8 Å². The van der Waals surface area contributed by atoms with Crippen LogP contribution in [0.4, 0.5) is 5.13 Å². The van der Waals surface area contributed by atoms with Gasteiger partial charge in [0.05, 0.1) is 18.9 Å². The van der Waals surface area contributed by atoms with E-state index >= 15 is 0 Å². The maximum atomic E-state index is 11.1. The first-order valence-electron chi connectivity index (χ1n) is 12.9. The van der Waals surface area contributed by atoms with Crippen molar-refractivity contribution < 1.29 is 14.3 Å². The van der Waals surface area contributed by atoms with E-state index in [4.69, 9.17) is 14.5 Å². The quantitative estimate of drug-likeness (QED) is 0.381. The average molecular weight is 506 g/mol. The number of anilines is 1. The largest absolute Gasteiger partial charge is 0.488 e. The number of aryl methyl sites for hydroxylation is 2. The van der Waals surface area contributed by atoms with Gasteiger partial charge < -0.3 is 19.6 Å². The Morgan fingerprint density at radius 2 is 2.03 bits per heavy atom. The van der Waals surface area contributed by atoms with E-state index in [1.54, 1.807) is 11.3 Å². The first-order valence-corrected chi connectivity index (χ1v) is 13.7. The van der Waals surface area contributed by atoms with Crippen LogP contribution < -0.4 is 10.1 Å². The fourth-order valence-corrected chi connectivity index (χ4v) is 5.86. The first-order chi connectivity index (χ1) is 17.6. The molecule has 1 N–H and O–H groups in total. The van der Waals surface area contributed by atoms with Crippen LogP contribution in [0.1, 0.15) is 41.5 Å². The second-order valence-corrected chi connectivity index (χ2v) is 10.9. The summed E-state index contributed by atoms with van der Waals surface area (Å²) in [5.41, 5.74) is 6.88. The molecule has 2 aliphatic rings. The molecule has 1 aliphatic carbocycles. The minimum atomic E-state index is 0.176. The molecule has 0 spiro atoms. The van der Waals surface area contributed by atoms with Crippen LogP contribution in [-0.2, 0) is 22.7 Å². The first kappa shape index (κ1) is 24.9. The summed E-state index contributed by atoms with van der Waals surface area (Å²) in [4.78, 5) is 18.4. The number of nitrogens with one attached hydrogen (secondary N) is 1. The van der Waals surface area contributed by atoms with Gasteiger partial charge in [0, 0.05) is 42.5 Å². The highest BCUT2D eigenvalue weighted by molar-refractivity contribution is 7.14. The number of hydrogen-bond acceptors (Lipinski definition) is 7. The number of ether oxygens (including phenoxy) is 2. The summed E-state index contributed by atoms with van der Waals surface area (Å²) in [6.45, 7) is 9.36. The number of benzene rings is 2. The van der Waals surface area contributed by atoms with E-state index in [9.17, 15) is 4.79 Å². The Hall–Kier alpha value is -2.74. The van der Waals surface area contributed by atoms with Crippen LogP contribution in [0.25, 0.3) is 11.3 Å². The van der Waals surface area contributed by atoms with Crippen molar-refractivity contribution in [2.45, 2.75) is 52.3 Å². The minimum absolute atomic E-state index is 0.176. The Morgan fingerprint density at radius 1 is 1.17 bits per heavy atom. The molecule has 2 heterocycles. The fraction of sp³-hybridized carbons (Fsp3) is 0.448. The van der Waals surface area contributed by atoms with Gasteiger partial charge in [-0.05, 0) is 61.9 Å². The Balaban J connectivity index is 1.25. The molecule has 3 aromatic rings. The van der Waals surface area contributed by atoms with E-state index < -0.39 is 0 Å². The van der Waals surface area contributed by atoms with Gasteiger partial charge in [0.1, 0.15) is 18.6 Å². The second kappa shape index (κ2) is 11.5. The molecule has 7 heteroatoms. The topological polar surface area (TPSA) is 63.7 Å². The second-order valence-electron chi connectivity index (χ2n) is 10.0. The van der Waals surface area contributed by atoms with Crippen LogP contribution in [0.5, 0.6) is 5.75 Å². The molecule has 1 aromatic heterocycles. The molecule has 0 unspecified atom stereocenters. The third-order valence-corrected chi connectivity index (χ3v) is 7.98. The van der Waals surface area contributed by atoms with Crippen molar-refractivity contribution in [1.82, 2.24) is 9.88 Å². The predicted octanol–water partition coefficient (Wildman–Crippen LogP) is 5.62. The minimum Gasteiger partial charge on any atom is -0.488 e. The molecule has 1 aliphatic heterocycles. The number of thiazole rings is 1. The van der Waals surface area contributed by atoms with E-state index in [-0.39, 0.29) is 5.92 Å². The molecule has 0 bridgehead atoms. The lowest BCUT2D eigenvalue weighted by Crippen LogP contribution is -2.35. The number of hydrogen-bond donors (Lipinski definition) is 1. The lowest BCUT2D eigenvalue weighted by Gasteiger charge is -2.26. The fourth-order valence-electron chi connectivity index (χ4n) is 5.07. The van der Waals surface area contributed by atoms with E-state index in [0.29, 0.717) is 12.6 Å². The molecule has 1 saturated heterocycles. The molecule has 6 nitrogen and oxygen atoms in total. The van der Waals surface area contributed by atoms with Crippen LogP contribution >= 0.6 is 11.3 Å². The Kier molecular flexibility index (Phi) is 7.99. The normalized spacial score (nSPS) is 20.4. The molecule has 36 heavy (non-hydrogen) atoms. The predicted molar refractivity (Wildman–Crippen MR) is 145 cm³/mol. The monoisotopic (exact) mass is 505 g/mol. The Labute approximate surface area is 217 Å². The van der Waals surface area contributed by atoms with Gasteiger partial charge in [0.2, 0.25) is 0 Å². The van der Waals surface area contributed by atoms with Gasteiger partial charge in [-0.1, -0.05) is 29.8 Å². The van der Waals surface area contributed by atoms with E-state index in [2.05, 4.69) is 59.8 Å². The van der Waals surface area contributed by atoms with Gasteiger partial charge in [-0.2, -0.15) is 0 Å². The maximum absolute atomic E-state index is 11.1.